The number of Topliss-reactive ketones (excluding diaryl/α,β-unsaturated/α-hetero) is 5. The zero-order chi connectivity index (χ0) is 82.5. The normalized spacial score (nSPS) is 22.4. The number of hydrogen-bond donors (Lipinski definition) is 5. The van der Waals surface area contributed by atoms with E-state index in [9.17, 15) is 58.3 Å². The molecule has 0 aliphatic carbocycles. The van der Waals surface area contributed by atoms with Crippen LogP contribution in [0.4, 0.5) is 65.0 Å². The van der Waals surface area contributed by atoms with E-state index in [0.717, 1.165) is 66.3 Å². The quantitative estimate of drug-likeness (QED) is 0.103. The molecule has 0 radical (unpaired) electrons. The van der Waals surface area contributed by atoms with Gasteiger partial charge in [0.2, 0.25) is 28.9 Å². The van der Waals surface area contributed by atoms with Crippen molar-refractivity contribution in [3.05, 3.63) is 276 Å². The van der Waals surface area contributed by atoms with Crippen molar-refractivity contribution < 1.29 is 63.0 Å². The van der Waals surface area contributed by atoms with E-state index in [2.05, 4.69) is 47.0 Å². The SMILES string of the molecule is COc1ccc(N2CC[C@@]3(O)C(=O)c4cc(F)c(C)cc4N=C23)cc1.Cc1cc2c(cc1C)C(=O)[C@]1(O)CCN(c3ccccc3)C1=N2.Cc1cc2c(cc1F)C(=O)[C@]1(O)CCN(c3ccc(C#N)cc3)C1=N2.Cc1cc2c(s1)N=C1N(c3cccc(Br)c3)CC[C@@]1(O)C2=O.Cc1ccc2c(c1)C(=O)[C@]1(O)CCN(c3ccccc3)C1=N2. The summed E-state index contributed by atoms with van der Waals surface area (Å²) in [6.07, 6.45) is 1.50. The van der Waals surface area contributed by atoms with Gasteiger partial charge in [-0.2, -0.15) is 5.26 Å². The standard InChI is InChI=1S/C19H14FN3O2.C19H17FN2O3.C19H18N2O2.C18H16N2O2.C16H13BrN2O2S/c1-11-8-16-14(9-15(11)20)17(24)19(25)6-7-23(18(19)22-16)13-4-2-12(10-21)3-5-13;1-11-9-16-14(10-15(11)20)17(23)19(24)7-8-22(18(19)21-16)12-3-5-13(25-2)6-4-12;1-12-10-15-16(11-13(12)2)20-18-19(23,17(15)22)8-9-21(18)14-6-4-3-5-7-14;1-12-7-8-15-14(11-12)16(21)18(22)9-10-20(17(18)19-15)13-5-3-2-4-6-13;1-9-7-12-13(20)16(21)5-6-19(15(16)18-14(12)22-9)11-4-2-3-10(17)8-11/h2-5,8-9,25H,6-7H2,1H3;3-6,9-10,24H,7-8H2,1-2H3;3-7,10-11,23H,8-9H2,1-2H3;2-8,11,22H,9-10H2,1H3;2-4,7-8,21H,5-6H2,1H3/t3*19-;18-;16-/m11111/s1. The molecule has 10 aliphatic rings. The molecule has 22 nitrogen and oxygen atoms in total. The van der Waals surface area contributed by atoms with Gasteiger partial charge < -0.3 is 54.8 Å². The maximum absolute atomic E-state index is 13.9. The average Bonchev–Trinajstić information content (AvgIpc) is 1.62. The molecule has 20 rings (SSSR count). The van der Waals surface area contributed by atoms with Gasteiger partial charge in [0.15, 0.2) is 33.8 Å². The summed E-state index contributed by atoms with van der Waals surface area (Å²) in [5.74, 6) is -0.0868. The second kappa shape index (κ2) is 30.1. The number of aryl methyl sites for hydroxylation is 6. The Balaban J connectivity index is 0.000000110. The zero-order valence-electron chi connectivity index (χ0n) is 64.7. The Morgan fingerprint density at radius 3 is 1.18 bits per heavy atom. The van der Waals surface area contributed by atoms with Crippen LogP contribution in [0.1, 0.15) is 122 Å². The van der Waals surface area contributed by atoms with Gasteiger partial charge in [-0.15, -0.1) is 11.3 Å². The molecule has 5 saturated heterocycles. The fraction of sp³-hybridized carbons (Fsp3) is 0.242. The Kier molecular flexibility index (Phi) is 20.3. The Hall–Kier alpha value is -12.2. The third kappa shape index (κ3) is 13.6. The molecule has 5 fully saturated rings. The molecular formula is C91H78BrF2N11O11S. The number of fused-ring (bicyclic) bond motifs is 10. The summed E-state index contributed by atoms with van der Waals surface area (Å²) < 4.78 is 33.8. The number of amidine groups is 5. The van der Waals surface area contributed by atoms with E-state index >= 15 is 0 Å². The lowest BCUT2D eigenvalue weighted by atomic mass is 9.86. The molecule has 117 heavy (non-hydrogen) atoms. The first kappa shape index (κ1) is 78.7. The predicted octanol–water partition coefficient (Wildman–Crippen LogP) is 15.6. The number of ether oxygens (including phenoxy) is 1. The monoisotopic (exact) mass is 1650 g/mol. The minimum Gasteiger partial charge on any atom is -0.497 e. The van der Waals surface area contributed by atoms with Crippen LogP contribution in [0.15, 0.2) is 224 Å². The van der Waals surface area contributed by atoms with Crippen LogP contribution in [0.25, 0.3) is 0 Å². The van der Waals surface area contributed by atoms with Gasteiger partial charge >= 0.3 is 0 Å². The van der Waals surface area contributed by atoms with E-state index in [-0.39, 0.29) is 47.2 Å². The lowest BCUT2D eigenvalue weighted by Crippen LogP contribution is -2.48. The second-order valence-corrected chi connectivity index (χ2v) is 32.6. The number of anilines is 5. The van der Waals surface area contributed by atoms with Crippen molar-refractivity contribution in [2.24, 2.45) is 25.0 Å². The Bertz CT molecular complexity index is 6050. The van der Waals surface area contributed by atoms with Crippen molar-refractivity contribution in [1.82, 2.24) is 0 Å². The van der Waals surface area contributed by atoms with Crippen molar-refractivity contribution >= 4 is 142 Å². The number of para-hydroxylation sites is 2. The van der Waals surface area contributed by atoms with Crippen molar-refractivity contribution in [2.75, 3.05) is 64.3 Å². The van der Waals surface area contributed by atoms with Crippen LogP contribution in [0.3, 0.4) is 0 Å². The summed E-state index contributed by atoms with van der Waals surface area (Å²) in [4.78, 5) is 97.3. The van der Waals surface area contributed by atoms with Crippen LogP contribution in [-0.4, -0.2) is 151 Å². The highest BCUT2D eigenvalue weighted by molar-refractivity contribution is 9.10. The molecule has 9 aromatic carbocycles. The van der Waals surface area contributed by atoms with Crippen molar-refractivity contribution in [1.29, 1.82) is 5.26 Å². The Morgan fingerprint density at radius 1 is 0.393 bits per heavy atom. The van der Waals surface area contributed by atoms with Crippen molar-refractivity contribution in [3.63, 3.8) is 0 Å². The maximum atomic E-state index is 13.9. The van der Waals surface area contributed by atoms with Gasteiger partial charge in [0.25, 0.3) is 0 Å². The number of nitrogens with zero attached hydrogens (tertiary/aromatic N) is 11. The lowest BCUT2D eigenvalue weighted by Gasteiger charge is -2.30. The summed E-state index contributed by atoms with van der Waals surface area (Å²) in [5, 5.41) is 64.3. The molecular weight excluding hydrogens is 1570 g/mol. The second-order valence-electron chi connectivity index (χ2n) is 30.4. The number of halogens is 3. The van der Waals surface area contributed by atoms with E-state index < -0.39 is 51.2 Å². The number of aliphatic imine (C=N–C) groups is 5. The van der Waals surface area contributed by atoms with Gasteiger partial charge in [-0.05, 0) is 209 Å². The van der Waals surface area contributed by atoms with Gasteiger partial charge in [-0.25, -0.2) is 33.7 Å². The molecule has 10 aliphatic heterocycles. The third-order valence-corrected chi connectivity index (χ3v) is 24.4. The fourth-order valence-electron chi connectivity index (χ4n) is 16.3. The van der Waals surface area contributed by atoms with Gasteiger partial charge in [0, 0.05) is 125 Å². The van der Waals surface area contributed by atoms with Crippen LogP contribution in [0.2, 0.25) is 0 Å². The molecule has 0 amide bonds. The van der Waals surface area contributed by atoms with Gasteiger partial charge in [-0.3, -0.25) is 24.0 Å². The largest absolute Gasteiger partial charge is 0.497 e. The molecule has 1 aromatic heterocycles. The van der Waals surface area contributed by atoms with Crippen LogP contribution >= 0.6 is 27.3 Å². The molecule has 5 N–H and O–H groups in total. The molecule has 10 aromatic rings. The first-order valence-electron chi connectivity index (χ1n) is 38.1. The Labute approximate surface area is 684 Å². The minimum absolute atomic E-state index is 0.107. The molecule has 0 saturated carbocycles. The number of carbonyl (C=O) groups is 5. The number of hydrogen-bond acceptors (Lipinski definition) is 23. The smallest absolute Gasteiger partial charge is 0.205 e. The average molecular weight is 1650 g/mol. The number of nitriles is 1. The first-order chi connectivity index (χ1) is 56.0. The number of methoxy groups -OCH3 is 1. The van der Waals surface area contributed by atoms with Crippen LogP contribution < -0.4 is 29.2 Å². The summed E-state index contributed by atoms with van der Waals surface area (Å²) >= 11 is 4.94. The lowest BCUT2D eigenvalue weighted by molar-refractivity contribution is 0.0599. The number of benzene rings is 9. The summed E-state index contributed by atoms with van der Waals surface area (Å²) in [6.45, 7) is 13.7. The third-order valence-electron chi connectivity index (χ3n) is 22.9. The topological polar surface area (TPSA) is 298 Å². The highest BCUT2D eigenvalue weighted by atomic mass is 79.9. The molecule has 26 heteroatoms. The number of thiophene rings is 1. The van der Waals surface area contributed by atoms with Crippen LogP contribution in [0, 0.1) is 64.5 Å². The predicted molar refractivity (Wildman–Crippen MR) is 451 cm³/mol. The van der Waals surface area contributed by atoms with Gasteiger partial charge in [-0.1, -0.05) is 70.0 Å². The highest BCUT2D eigenvalue weighted by Crippen LogP contribution is 2.48. The summed E-state index contributed by atoms with van der Waals surface area (Å²) in [7, 11) is 1.59. The van der Waals surface area contributed by atoms with E-state index in [0.29, 0.717) is 136 Å². The number of aliphatic hydroxyl groups is 5. The minimum atomic E-state index is -1.75. The van der Waals surface area contributed by atoms with Crippen molar-refractivity contribution in [3.8, 4) is 11.8 Å². The maximum Gasteiger partial charge on any atom is 0.205 e. The summed E-state index contributed by atoms with van der Waals surface area (Å²) in [5.41, 5.74) is 4.72. The molecule has 5 atom stereocenters. The van der Waals surface area contributed by atoms with E-state index in [4.69, 9.17) is 10.00 Å². The van der Waals surface area contributed by atoms with Crippen LogP contribution in [0.5, 0.6) is 5.75 Å². The van der Waals surface area contributed by atoms with Crippen LogP contribution in [-0.2, 0) is 0 Å². The van der Waals surface area contributed by atoms with Crippen molar-refractivity contribution in [2.45, 2.75) is 102 Å². The fourth-order valence-corrected chi connectivity index (χ4v) is 17.6. The molecule has 0 unspecified atom stereocenters. The Morgan fingerprint density at radius 2 is 0.752 bits per heavy atom. The zero-order valence-corrected chi connectivity index (χ0v) is 67.1. The van der Waals surface area contributed by atoms with Gasteiger partial charge in [0.05, 0.1) is 47.1 Å². The van der Waals surface area contributed by atoms with E-state index in [1.54, 1.807) is 62.3 Å². The molecule has 0 spiro atoms. The van der Waals surface area contributed by atoms with Gasteiger partial charge in [0.1, 0.15) is 45.7 Å². The molecule has 0 bridgehead atoms. The summed E-state index contributed by atoms with van der Waals surface area (Å²) in [6, 6.07) is 60.1. The van der Waals surface area contributed by atoms with E-state index in [1.165, 1.54) is 23.5 Å². The number of rotatable bonds is 6. The highest BCUT2D eigenvalue weighted by Gasteiger charge is 2.57. The van der Waals surface area contributed by atoms with E-state index in [1.807, 2.05) is 187 Å². The first-order valence-corrected chi connectivity index (χ1v) is 39.7. The number of ketones is 5. The molecule has 590 valence electrons. The molecule has 11 heterocycles. The number of carbonyl (C=O) groups excluding carboxylic acids is 5.